The Morgan fingerprint density at radius 3 is 2.57 bits per heavy atom. The molecule has 2 aliphatic heterocycles. The zero-order valence-electron chi connectivity index (χ0n) is 20.2. The molecule has 2 aromatic carbocycles. The van der Waals surface area contributed by atoms with E-state index < -0.39 is 12.1 Å². The molecule has 3 N–H and O–H groups in total. The molecule has 1 spiro atoms. The van der Waals surface area contributed by atoms with Crippen LogP contribution in [-0.4, -0.2) is 67.0 Å². The van der Waals surface area contributed by atoms with Crippen molar-refractivity contribution in [3.05, 3.63) is 59.3 Å². The number of rotatable bonds is 5. The quantitative estimate of drug-likeness (QED) is 0.473. The Bertz CT molecular complexity index is 1300. The number of hydrogen-bond acceptors (Lipinski definition) is 6. The van der Waals surface area contributed by atoms with Gasteiger partial charge in [0.15, 0.2) is 0 Å². The Morgan fingerprint density at radius 2 is 1.92 bits per heavy atom. The van der Waals surface area contributed by atoms with Crippen molar-refractivity contribution in [1.29, 1.82) is 5.26 Å². The van der Waals surface area contributed by atoms with Crippen LogP contribution in [0.5, 0.6) is 11.5 Å². The highest BCUT2D eigenvalue weighted by atomic mass is 19.4. The maximum Gasteiger partial charge on any atom is 0.490 e. The maximum absolute atomic E-state index is 10.6. The molecule has 3 aromatic rings. The highest BCUT2D eigenvalue weighted by molar-refractivity contribution is 5.87. The third kappa shape index (κ3) is 5.81. The van der Waals surface area contributed by atoms with Gasteiger partial charge in [0.1, 0.15) is 18.1 Å². The lowest BCUT2D eigenvalue weighted by Gasteiger charge is -2.35. The number of aliphatic carboxylic acids is 1. The Labute approximate surface area is 211 Å². The van der Waals surface area contributed by atoms with Gasteiger partial charge >= 0.3 is 12.1 Å². The number of H-pyrrole nitrogens is 1. The smallest absolute Gasteiger partial charge is 0.490 e. The van der Waals surface area contributed by atoms with E-state index in [0.717, 1.165) is 50.5 Å². The van der Waals surface area contributed by atoms with Gasteiger partial charge in [-0.1, -0.05) is 0 Å². The van der Waals surface area contributed by atoms with Crippen molar-refractivity contribution in [2.45, 2.75) is 24.6 Å². The van der Waals surface area contributed by atoms with E-state index in [0.29, 0.717) is 12.2 Å². The topological polar surface area (TPSA) is 111 Å². The van der Waals surface area contributed by atoms with Crippen LogP contribution in [0.2, 0.25) is 0 Å². The molecule has 5 rings (SSSR count). The summed E-state index contributed by atoms with van der Waals surface area (Å²) in [6.45, 7) is 4.53. The van der Waals surface area contributed by atoms with Gasteiger partial charge in [0.2, 0.25) is 0 Å². The third-order valence-corrected chi connectivity index (χ3v) is 6.68. The number of benzene rings is 2. The number of carboxylic acid groups (broad SMARTS) is 1. The summed E-state index contributed by atoms with van der Waals surface area (Å²) in [5.74, 6) is -1.04. The lowest BCUT2D eigenvalue weighted by molar-refractivity contribution is -0.192. The molecule has 8 nitrogen and oxygen atoms in total. The first-order chi connectivity index (χ1) is 17.6. The summed E-state index contributed by atoms with van der Waals surface area (Å²) in [5.41, 5.74) is 4.59. The number of fused-ring (bicyclic) bond motifs is 4. The molecule has 0 aliphatic carbocycles. The molecule has 2 aliphatic rings. The predicted molar refractivity (Wildman–Crippen MR) is 130 cm³/mol. The van der Waals surface area contributed by atoms with Crippen LogP contribution in [0.1, 0.15) is 23.2 Å². The van der Waals surface area contributed by atoms with Gasteiger partial charge in [0, 0.05) is 42.8 Å². The molecule has 0 radical (unpaired) electrons. The number of ether oxygens (including phenoxy) is 2. The standard InChI is InChI=1S/C24H26N4O2.C2HF3O2/c1-29-19-6-7-22-21(14-19)20-8-10-26-24(23(20)27-22)9-11-28(16-24)12-13-30-18-4-2-17(15-25)3-5-18;3-2(4,5)1(6)7/h2-7,14,26-27H,8-13,16H2,1H3;(H,6,7). The number of nitriles is 1. The van der Waals surface area contributed by atoms with Crippen molar-refractivity contribution in [2.24, 2.45) is 0 Å². The van der Waals surface area contributed by atoms with E-state index in [2.05, 4.69) is 33.4 Å². The number of carbonyl (C=O) groups is 1. The van der Waals surface area contributed by atoms with Gasteiger partial charge in [-0.2, -0.15) is 18.4 Å². The second-order valence-electron chi connectivity index (χ2n) is 8.96. The fourth-order valence-corrected chi connectivity index (χ4v) is 4.88. The Balaban J connectivity index is 0.000000405. The number of carboxylic acids is 1. The van der Waals surface area contributed by atoms with Crippen LogP contribution in [0, 0.1) is 11.3 Å². The number of nitrogens with one attached hydrogen (secondary N) is 2. The van der Waals surface area contributed by atoms with Crippen LogP contribution >= 0.6 is 0 Å². The van der Waals surface area contributed by atoms with E-state index in [-0.39, 0.29) is 5.54 Å². The zero-order chi connectivity index (χ0) is 26.6. The summed E-state index contributed by atoms with van der Waals surface area (Å²) in [4.78, 5) is 15.1. The van der Waals surface area contributed by atoms with E-state index in [1.165, 1.54) is 22.2 Å². The Kier molecular flexibility index (Phi) is 7.61. The van der Waals surface area contributed by atoms with Crippen molar-refractivity contribution < 1.29 is 32.5 Å². The lowest BCUT2D eigenvalue weighted by atomic mass is 9.86. The van der Waals surface area contributed by atoms with E-state index in [9.17, 15) is 13.2 Å². The summed E-state index contributed by atoms with van der Waals surface area (Å²) in [6.07, 6.45) is -2.97. The molecule has 1 atom stereocenters. The largest absolute Gasteiger partial charge is 0.497 e. The number of hydrogen-bond donors (Lipinski definition) is 3. The zero-order valence-corrected chi connectivity index (χ0v) is 20.2. The van der Waals surface area contributed by atoms with E-state index in [1.54, 1.807) is 19.2 Å². The van der Waals surface area contributed by atoms with Gasteiger partial charge in [-0.15, -0.1) is 0 Å². The lowest BCUT2D eigenvalue weighted by Crippen LogP contribution is -2.49. The molecule has 1 saturated heterocycles. The molecule has 0 amide bonds. The summed E-state index contributed by atoms with van der Waals surface area (Å²) >= 11 is 0. The second-order valence-corrected chi connectivity index (χ2v) is 8.96. The van der Waals surface area contributed by atoms with E-state index in [4.69, 9.17) is 24.6 Å². The minimum absolute atomic E-state index is 0.0196. The average Bonchev–Trinajstić information content (AvgIpc) is 3.46. The van der Waals surface area contributed by atoms with Crippen molar-refractivity contribution in [3.8, 4) is 17.6 Å². The van der Waals surface area contributed by atoms with Gasteiger partial charge in [0.25, 0.3) is 0 Å². The number of alkyl halides is 3. The first-order valence-corrected chi connectivity index (χ1v) is 11.7. The highest BCUT2D eigenvalue weighted by Crippen LogP contribution is 2.40. The predicted octanol–water partition coefficient (Wildman–Crippen LogP) is 3.81. The molecule has 196 valence electrons. The number of nitrogens with zero attached hydrogens (tertiary/aromatic N) is 2. The summed E-state index contributed by atoms with van der Waals surface area (Å²) in [6, 6.07) is 15.7. The van der Waals surface area contributed by atoms with Crippen LogP contribution in [0.15, 0.2) is 42.5 Å². The van der Waals surface area contributed by atoms with Crippen LogP contribution < -0.4 is 14.8 Å². The Morgan fingerprint density at radius 1 is 1.22 bits per heavy atom. The number of likely N-dealkylation sites (tertiary alicyclic amines) is 1. The van der Waals surface area contributed by atoms with Crippen molar-refractivity contribution >= 4 is 16.9 Å². The molecule has 3 heterocycles. The Hall–Kier alpha value is -3.75. The minimum atomic E-state index is -5.08. The normalized spacial score (nSPS) is 19.1. The van der Waals surface area contributed by atoms with Crippen LogP contribution in [0.4, 0.5) is 13.2 Å². The minimum Gasteiger partial charge on any atom is -0.497 e. The molecule has 0 bridgehead atoms. The van der Waals surface area contributed by atoms with Gasteiger partial charge in [0.05, 0.1) is 24.3 Å². The maximum atomic E-state index is 10.6. The molecular weight excluding hydrogens is 489 g/mol. The molecular formula is C26H27F3N4O4. The monoisotopic (exact) mass is 516 g/mol. The first kappa shape index (κ1) is 26.3. The summed E-state index contributed by atoms with van der Waals surface area (Å²) < 4.78 is 43.1. The first-order valence-electron chi connectivity index (χ1n) is 11.7. The van der Waals surface area contributed by atoms with Crippen molar-refractivity contribution in [3.63, 3.8) is 0 Å². The molecule has 1 fully saturated rings. The van der Waals surface area contributed by atoms with Crippen LogP contribution in [0.25, 0.3) is 10.9 Å². The number of methoxy groups -OCH3 is 1. The second kappa shape index (κ2) is 10.7. The number of halogens is 3. The fourth-order valence-electron chi connectivity index (χ4n) is 4.88. The van der Waals surface area contributed by atoms with Crippen LogP contribution in [-0.2, 0) is 16.8 Å². The molecule has 1 unspecified atom stereocenters. The van der Waals surface area contributed by atoms with Gasteiger partial charge < -0.3 is 24.9 Å². The number of aromatic amines is 1. The number of aromatic nitrogens is 1. The molecule has 1 aromatic heterocycles. The van der Waals surface area contributed by atoms with Gasteiger partial charge in [-0.25, -0.2) is 4.79 Å². The fraction of sp³-hybridized carbons (Fsp3) is 0.385. The van der Waals surface area contributed by atoms with E-state index in [1.807, 2.05) is 18.2 Å². The summed E-state index contributed by atoms with van der Waals surface area (Å²) in [7, 11) is 1.72. The summed E-state index contributed by atoms with van der Waals surface area (Å²) in [5, 5.41) is 21.1. The van der Waals surface area contributed by atoms with Crippen molar-refractivity contribution in [1.82, 2.24) is 15.2 Å². The SMILES string of the molecule is COc1ccc2[nH]c3c(c2c1)CCNC31CCN(CCOc2ccc(C#N)cc2)C1.O=C(O)C(F)(F)F. The average molecular weight is 517 g/mol. The molecule has 37 heavy (non-hydrogen) atoms. The van der Waals surface area contributed by atoms with Gasteiger partial charge in [-0.05, 0) is 60.9 Å². The van der Waals surface area contributed by atoms with E-state index >= 15 is 0 Å². The van der Waals surface area contributed by atoms with Crippen LogP contribution in [0.3, 0.4) is 0 Å². The highest BCUT2D eigenvalue weighted by Gasteiger charge is 2.44. The van der Waals surface area contributed by atoms with Gasteiger partial charge in [-0.3, -0.25) is 4.90 Å². The third-order valence-electron chi connectivity index (χ3n) is 6.68. The molecule has 11 heteroatoms. The van der Waals surface area contributed by atoms with Crippen molar-refractivity contribution in [2.75, 3.05) is 39.9 Å². The molecule has 0 saturated carbocycles.